The van der Waals surface area contributed by atoms with Gasteiger partial charge in [0.15, 0.2) is 11.6 Å². The van der Waals surface area contributed by atoms with Crippen LogP contribution in [0.2, 0.25) is 0 Å². The summed E-state index contributed by atoms with van der Waals surface area (Å²) in [5.41, 5.74) is 0.951. The molecule has 0 aliphatic carbocycles. The fraction of sp³-hybridized carbons (Fsp3) is 0.647. The normalized spacial score (nSPS) is 20.8. The maximum atomic E-state index is 13.8. The molecule has 0 amide bonds. The maximum absolute atomic E-state index is 13.8. The van der Waals surface area contributed by atoms with E-state index in [0.29, 0.717) is 11.8 Å². The van der Waals surface area contributed by atoms with Crippen molar-refractivity contribution in [1.29, 1.82) is 0 Å². The first-order valence-electron chi connectivity index (χ1n) is 7.94. The Morgan fingerprint density at radius 1 is 1.41 bits per heavy atom. The molecule has 0 radical (unpaired) electrons. The van der Waals surface area contributed by atoms with Crippen LogP contribution in [0.4, 0.5) is 4.39 Å². The van der Waals surface area contributed by atoms with Gasteiger partial charge in [-0.2, -0.15) is 0 Å². The highest BCUT2D eigenvalue weighted by Crippen LogP contribution is 2.23. The van der Waals surface area contributed by atoms with Crippen LogP contribution in [0.3, 0.4) is 0 Å². The van der Waals surface area contributed by atoms with Gasteiger partial charge in [-0.15, -0.1) is 0 Å². The van der Waals surface area contributed by atoms with E-state index in [-0.39, 0.29) is 11.9 Å². The average Bonchev–Trinajstić information content (AvgIpc) is 2.53. The Bertz CT molecular complexity index is 470. The molecular formula is C17H27FN2O2. The van der Waals surface area contributed by atoms with Crippen molar-refractivity contribution in [2.75, 3.05) is 40.5 Å². The van der Waals surface area contributed by atoms with E-state index in [1.807, 2.05) is 6.07 Å². The minimum atomic E-state index is -0.306. The van der Waals surface area contributed by atoms with Crippen molar-refractivity contribution in [2.45, 2.75) is 31.8 Å². The molecule has 124 valence electrons. The topological polar surface area (TPSA) is 33.7 Å². The summed E-state index contributed by atoms with van der Waals surface area (Å²) in [4.78, 5) is 2.42. The van der Waals surface area contributed by atoms with E-state index in [2.05, 4.69) is 17.1 Å². The molecule has 1 heterocycles. The summed E-state index contributed by atoms with van der Waals surface area (Å²) in [5.74, 6) is -0.0154. The molecule has 1 aromatic carbocycles. The lowest BCUT2D eigenvalue weighted by Gasteiger charge is -2.34. The molecule has 1 aliphatic heterocycles. The number of likely N-dealkylation sites (tertiary alicyclic amines) is 1. The first-order valence-corrected chi connectivity index (χ1v) is 7.94. The van der Waals surface area contributed by atoms with E-state index >= 15 is 0 Å². The van der Waals surface area contributed by atoms with Crippen LogP contribution >= 0.6 is 0 Å². The number of nitrogens with one attached hydrogen (secondary N) is 1. The van der Waals surface area contributed by atoms with Gasteiger partial charge in [0.1, 0.15) is 0 Å². The van der Waals surface area contributed by atoms with Crippen LogP contribution in [-0.2, 0) is 4.74 Å². The molecule has 2 atom stereocenters. The smallest absolute Gasteiger partial charge is 0.165 e. The molecule has 0 bridgehead atoms. The zero-order valence-electron chi connectivity index (χ0n) is 13.8. The van der Waals surface area contributed by atoms with E-state index in [1.54, 1.807) is 19.2 Å². The highest BCUT2D eigenvalue weighted by Gasteiger charge is 2.21. The van der Waals surface area contributed by atoms with Crippen LogP contribution in [0.5, 0.6) is 5.75 Å². The second-order valence-corrected chi connectivity index (χ2v) is 5.91. The lowest BCUT2D eigenvalue weighted by Crippen LogP contribution is -2.47. The lowest BCUT2D eigenvalue weighted by molar-refractivity contribution is 0.120. The predicted octanol–water partition coefficient (Wildman–Crippen LogP) is 2.60. The van der Waals surface area contributed by atoms with Crippen molar-refractivity contribution >= 4 is 0 Å². The third-order valence-corrected chi connectivity index (χ3v) is 4.28. The van der Waals surface area contributed by atoms with Gasteiger partial charge in [0.25, 0.3) is 0 Å². The standard InChI is InChI=1S/C17H27FN2O2/c1-13(14-6-7-17(22-3)16(18)11-14)19-15-5-4-8-20(12-15)9-10-21-2/h6-7,11,13,15,19H,4-5,8-10,12H2,1-3H3/t13-,15+/m0/s1. The summed E-state index contributed by atoms with van der Waals surface area (Å²) in [6, 6.07) is 5.72. The van der Waals surface area contributed by atoms with Crippen molar-refractivity contribution in [3.63, 3.8) is 0 Å². The largest absolute Gasteiger partial charge is 0.494 e. The van der Waals surface area contributed by atoms with Gasteiger partial charge >= 0.3 is 0 Å². The Labute approximate surface area is 132 Å². The zero-order chi connectivity index (χ0) is 15.9. The second-order valence-electron chi connectivity index (χ2n) is 5.91. The van der Waals surface area contributed by atoms with E-state index < -0.39 is 0 Å². The highest BCUT2D eigenvalue weighted by atomic mass is 19.1. The Morgan fingerprint density at radius 3 is 2.91 bits per heavy atom. The van der Waals surface area contributed by atoms with Gasteiger partial charge in [-0.05, 0) is 44.0 Å². The summed E-state index contributed by atoms with van der Waals surface area (Å²) in [7, 11) is 3.22. The van der Waals surface area contributed by atoms with E-state index in [9.17, 15) is 4.39 Å². The van der Waals surface area contributed by atoms with Gasteiger partial charge in [0.2, 0.25) is 0 Å². The number of ether oxygens (including phenoxy) is 2. The Morgan fingerprint density at radius 2 is 2.23 bits per heavy atom. The molecule has 1 N–H and O–H groups in total. The summed E-state index contributed by atoms with van der Waals surface area (Å²) in [6.45, 7) is 5.97. The molecule has 4 nitrogen and oxygen atoms in total. The summed E-state index contributed by atoms with van der Waals surface area (Å²) < 4.78 is 23.9. The van der Waals surface area contributed by atoms with Crippen molar-refractivity contribution in [2.24, 2.45) is 0 Å². The number of hydrogen-bond donors (Lipinski definition) is 1. The van der Waals surface area contributed by atoms with Crippen LogP contribution in [-0.4, -0.2) is 51.4 Å². The van der Waals surface area contributed by atoms with Crippen molar-refractivity contribution in [3.8, 4) is 5.75 Å². The maximum Gasteiger partial charge on any atom is 0.165 e. The molecule has 1 aromatic rings. The quantitative estimate of drug-likeness (QED) is 0.839. The van der Waals surface area contributed by atoms with Gasteiger partial charge in [-0.3, -0.25) is 4.90 Å². The number of benzene rings is 1. The molecule has 0 spiro atoms. The molecule has 1 aliphatic rings. The molecular weight excluding hydrogens is 283 g/mol. The fourth-order valence-corrected chi connectivity index (χ4v) is 3.02. The summed E-state index contributed by atoms with van der Waals surface area (Å²) >= 11 is 0. The molecule has 0 aromatic heterocycles. The Balaban J connectivity index is 1.90. The number of rotatable bonds is 7. The number of piperidine rings is 1. The molecule has 0 unspecified atom stereocenters. The molecule has 1 fully saturated rings. The van der Waals surface area contributed by atoms with Gasteiger partial charge in [-0.25, -0.2) is 4.39 Å². The van der Waals surface area contributed by atoms with Crippen LogP contribution in [0.25, 0.3) is 0 Å². The lowest BCUT2D eigenvalue weighted by atomic mass is 10.0. The number of nitrogens with zero attached hydrogens (tertiary/aromatic N) is 1. The molecule has 22 heavy (non-hydrogen) atoms. The van der Waals surface area contributed by atoms with E-state index in [1.165, 1.54) is 13.5 Å². The first-order chi connectivity index (χ1) is 10.6. The van der Waals surface area contributed by atoms with Gasteiger partial charge in [0, 0.05) is 32.3 Å². The average molecular weight is 310 g/mol. The molecule has 0 saturated carbocycles. The molecule has 1 saturated heterocycles. The number of hydrogen-bond acceptors (Lipinski definition) is 4. The third kappa shape index (κ3) is 4.66. The van der Waals surface area contributed by atoms with Gasteiger partial charge in [-0.1, -0.05) is 6.07 Å². The van der Waals surface area contributed by atoms with E-state index in [4.69, 9.17) is 9.47 Å². The van der Waals surface area contributed by atoms with Crippen molar-refractivity contribution < 1.29 is 13.9 Å². The van der Waals surface area contributed by atoms with Crippen LogP contribution in [0.1, 0.15) is 31.4 Å². The summed E-state index contributed by atoms with van der Waals surface area (Å²) in [5, 5.41) is 3.62. The Hall–Kier alpha value is -1.17. The van der Waals surface area contributed by atoms with Gasteiger partial charge < -0.3 is 14.8 Å². The number of methoxy groups -OCH3 is 2. The van der Waals surface area contributed by atoms with Gasteiger partial charge in [0.05, 0.1) is 13.7 Å². The highest BCUT2D eigenvalue weighted by molar-refractivity contribution is 5.30. The van der Waals surface area contributed by atoms with Crippen molar-refractivity contribution in [1.82, 2.24) is 10.2 Å². The molecule has 2 rings (SSSR count). The second kappa shape index (κ2) is 8.46. The van der Waals surface area contributed by atoms with E-state index in [0.717, 1.165) is 38.2 Å². The minimum Gasteiger partial charge on any atom is -0.494 e. The minimum absolute atomic E-state index is 0.118. The SMILES string of the molecule is COCCN1CCC[C@@H](N[C@@H](C)c2ccc(OC)c(F)c2)C1. The third-order valence-electron chi connectivity index (χ3n) is 4.28. The first kappa shape index (κ1) is 17.2. The van der Waals surface area contributed by atoms with Crippen LogP contribution < -0.4 is 10.1 Å². The Kier molecular flexibility index (Phi) is 6.61. The van der Waals surface area contributed by atoms with Crippen LogP contribution in [0, 0.1) is 5.82 Å². The monoisotopic (exact) mass is 310 g/mol. The fourth-order valence-electron chi connectivity index (χ4n) is 3.02. The molecule has 5 heteroatoms. The van der Waals surface area contributed by atoms with Crippen LogP contribution in [0.15, 0.2) is 18.2 Å². The predicted molar refractivity (Wildman–Crippen MR) is 85.8 cm³/mol. The number of halogens is 1. The summed E-state index contributed by atoms with van der Waals surface area (Å²) in [6.07, 6.45) is 2.34. The van der Waals surface area contributed by atoms with Crippen molar-refractivity contribution in [3.05, 3.63) is 29.6 Å². The zero-order valence-corrected chi connectivity index (χ0v) is 13.8.